The van der Waals surface area contributed by atoms with Crippen LogP contribution in [-0.4, -0.2) is 127 Å². The molecule has 242 valence electrons. The molecule has 2 fully saturated rings. The molecule has 0 aromatic heterocycles. The molecule has 0 spiro atoms. The molecule has 2 aromatic rings. The Morgan fingerprint density at radius 1 is 0.773 bits per heavy atom. The maximum atomic E-state index is 12.7. The first-order valence-electron chi connectivity index (χ1n) is 13.7. The van der Waals surface area contributed by atoms with E-state index >= 15 is 0 Å². The molecule has 10 atom stereocenters. The third-order valence-corrected chi connectivity index (χ3v) is 7.25. The third-order valence-electron chi connectivity index (χ3n) is 7.25. The lowest BCUT2D eigenvalue weighted by molar-refractivity contribution is -0.328. The smallest absolute Gasteiger partial charge is 0.331 e. The lowest BCUT2D eigenvalue weighted by Gasteiger charge is -2.43. The van der Waals surface area contributed by atoms with E-state index in [-0.39, 0.29) is 30.3 Å². The molecule has 44 heavy (non-hydrogen) atoms. The summed E-state index contributed by atoms with van der Waals surface area (Å²) >= 11 is 0. The van der Waals surface area contributed by atoms with Gasteiger partial charge in [-0.25, -0.2) is 4.79 Å². The molecular formula is C29H36O15. The van der Waals surface area contributed by atoms with Crippen LogP contribution in [0.2, 0.25) is 0 Å². The Morgan fingerprint density at radius 3 is 2.09 bits per heavy atom. The molecule has 2 aliphatic rings. The highest BCUT2D eigenvalue weighted by molar-refractivity contribution is 5.87. The minimum absolute atomic E-state index is 0.0645. The molecule has 15 nitrogen and oxygen atoms in total. The van der Waals surface area contributed by atoms with Gasteiger partial charge >= 0.3 is 5.97 Å². The second kappa shape index (κ2) is 14.5. The second-order valence-corrected chi connectivity index (χ2v) is 10.5. The van der Waals surface area contributed by atoms with Crippen LogP contribution in [0.4, 0.5) is 0 Å². The van der Waals surface area contributed by atoms with Crippen molar-refractivity contribution in [2.75, 3.05) is 13.2 Å². The van der Waals surface area contributed by atoms with Crippen LogP contribution in [0, 0.1) is 0 Å². The Labute approximate surface area is 251 Å². The summed E-state index contributed by atoms with van der Waals surface area (Å²) in [6.07, 6.45) is -12.2. The number of aliphatic hydroxyl groups is 5. The topological polar surface area (TPSA) is 245 Å². The molecule has 0 bridgehead atoms. The largest absolute Gasteiger partial charge is 0.504 e. The number of ether oxygens (including phenoxy) is 5. The predicted molar refractivity (Wildman–Crippen MR) is 147 cm³/mol. The van der Waals surface area contributed by atoms with Crippen molar-refractivity contribution < 1.29 is 74.4 Å². The summed E-state index contributed by atoms with van der Waals surface area (Å²) in [6, 6.07) is 8.00. The standard InChI is InChI=1S/C29H36O15/c1-13-22(35)23(36)25(38)29(42-13)41-12-20-27(44-21(34)7-4-14-2-5-16(30)18(32)10-14)24(37)26(39)28(43-20)40-9-8-15-3-6-17(31)19(33)11-15/h2-7,10-11,13,20,22-33,35-39H,8-9,12H2,1H3/b7-4-/t13-,20+,22-,23+,24+,25+,26+,27+,28+,29+/m0/s1. The zero-order valence-electron chi connectivity index (χ0n) is 23.5. The molecule has 9 N–H and O–H groups in total. The number of aromatic hydroxyl groups is 4. The minimum atomic E-state index is -1.75. The number of aliphatic hydroxyl groups excluding tert-OH is 5. The van der Waals surface area contributed by atoms with E-state index < -0.39 is 79.7 Å². The Kier molecular flexibility index (Phi) is 11.0. The van der Waals surface area contributed by atoms with E-state index in [1.807, 2.05) is 0 Å². The molecule has 0 aliphatic carbocycles. The zero-order valence-corrected chi connectivity index (χ0v) is 23.5. The molecule has 2 saturated heterocycles. The maximum absolute atomic E-state index is 12.7. The van der Waals surface area contributed by atoms with Gasteiger partial charge in [0.1, 0.15) is 36.6 Å². The van der Waals surface area contributed by atoms with Crippen molar-refractivity contribution in [3.8, 4) is 23.0 Å². The predicted octanol–water partition coefficient (Wildman–Crippen LogP) is -1.02. The molecule has 4 rings (SSSR count). The van der Waals surface area contributed by atoms with Gasteiger partial charge in [0.2, 0.25) is 0 Å². The van der Waals surface area contributed by atoms with E-state index in [0.29, 0.717) is 11.1 Å². The summed E-state index contributed by atoms with van der Waals surface area (Å²) in [7, 11) is 0. The van der Waals surface area contributed by atoms with Gasteiger partial charge in [-0.2, -0.15) is 0 Å². The van der Waals surface area contributed by atoms with Crippen molar-refractivity contribution in [3.63, 3.8) is 0 Å². The van der Waals surface area contributed by atoms with Gasteiger partial charge in [0.15, 0.2) is 41.7 Å². The van der Waals surface area contributed by atoms with E-state index in [9.17, 15) is 50.8 Å². The first-order valence-corrected chi connectivity index (χ1v) is 13.7. The van der Waals surface area contributed by atoms with Crippen LogP contribution in [-0.2, 0) is 34.9 Å². The van der Waals surface area contributed by atoms with Gasteiger partial charge in [0.25, 0.3) is 0 Å². The molecular weight excluding hydrogens is 588 g/mol. The minimum Gasteiger partial charge on any atom is -0.504 e. The average molecular weight is 625 g/mol. The van der Waals surface area contributed by atoms with Crippen molar-refractivity contribution in [3.05, 3.63) is 53.6 Å². The number of hydrogen-bond donors (Lipinski definition) is 9. The fraction of sp³-hybridized carbons (Fsp3) is 0.483. The Bertz CT molecular complexity index is 1300. The number of hydrogen-bond acceptors (Lipinski definition) is 15. The number of carbonyl (C=O) groups is 1. The van der Waals surface area contributed by atoms with Crippen molar-refractivity contribution >= 4 is 12.0 Å². The Balaban J connectivity index is 1.45. The van der Waals surface area contributed by atoms with Crippen LogP contribution in [0.25, 0.3) is 6.08 Å². The Morgan fingerprint density at radius 2 is 1.41 bits per heavy atom. The number of carbonyl (C=O) groups excluding carboxylic acids is 1. The summed E-state index contributed by atoms with van der Waals surface area (Å²) in [5, 5.41) is 90.3. The summed E-state index contributed by atoms with van der Waals surface area (Å²) in [4.78, 5) is 12.7. The fourth-order valence-electron chi connectivity index (χ4n) is 4.66. The number of esters is 1. The highest BCUT2D eigenvalue weighted by Crippen LogP contribution is 2.29. The molecule has 0 amide bonds. The molecule has 0 radical (unpaired) electrons. The number of phenols is 4. The Hall–Kier alpha value is -3.51. The second-order valence-electron chi connectivity index (χ2n) is 10.5. The third kappa shape index (κ3) is 7.95. The first kappa shape index (κ1) is 33.4. The molecule has 0 unspecified atom stereocenters. The lowest BCUT2D eigenvalue weighted by atomic mass is 9.98. The van der Waals surface area contributed by atoms with Crippen LogP contribution in [0.1, 0.15) is 18.1 Å². The maximum Gasteiger partial charge on any atom is 0.331 e. The van der Waals surface area contributed by atoms with E-state index in [4.69, 9.17) is 23.7 Å². The van der Waals surface area contributed by atoms with Gasteiger partial charge < -0.3 is 69.6 Å². The SMILES string of the molecule is C[C@@H]1O[C@@H](OC[C@H]2O[C@@H](OCCc3ccc(O)c(O)c3)[C@H](O)[C@@H](O)[C@@H]2OC(=O)/C=C\c2ccc(O)c(O)c2)[C@H](O)[C@H](O)[C@H]1O. The summed E-state index contributed by atoms with van der Waals surface area (Å²) < 4.78 is 27.8. The molecule has 2 heterocycles. The molecule has 15 heteroatoms. The highest BCUT2D eigenvalue weighted by atomic mass is 16.7. The van der Waals surface area contributed by atoms with Gasteiger partial charge in [-0.3, -0.25) is 0 Å². The normalized spacial score (nSPS) is 32.5. The monoisotopic (exact) mass is 624 g/mol. The van der Waals surface area contributed by atoms with Gasteiger partial charge in [-0.1, -0.05) is 12.1 Å². The van der Waals surface area contributed by atoms with Crippen molar-refractivity contribution in [2.45, 2.75) is 74.8 Å². The average Bonchev–Trinajstić information content (AvgIpc) is 2.99. The molecule has 2 aliphatic heterocycles. The van der Waals surface area contributed by atoms with Gasteiger partial charge in [0, 0.05) is 6.08 Å². The van der Waals surface area contributed by atoms with E-state index in [1.54, 1.807) is 6.07 Å². The van der Waals surface area contributed by atoms with Crippen molar-refractivity contribution in [2.24, 2.45) is 0 Å². The molecule has 0 saturated carbocycles. The van der Waals surface area contributed by atoms with E-state index in [2.05, 4.69) is 0 Å². The first-order chi connectivity index (χ1) is 20.8. The fourth-order valence-corrected chi connectivity index (χ4v) is 4.66. The van der Waals surface area contributed by atoms with Gasteiger partial charge in [0.05, 0.1) is 19.3 Å². The zero-order chi connectivity index (χ0) is 32.1. The van der Waals surface area contributed by atoms with Crippen LogP contribution in [0.15, 0.2) is 42.5 Å². The molecule has 2 aromatic carbocycles. The van der Waals surface area contributed by atoms with Gasteiger partial charge in [-0.05, 0) is 54.8 Å². The van der Waals surface area contributed by atoms with E-state index in [1.165, 1.54) is 43.3 Å². The number of phenolic OH excluding ortho intramolecular Hbond substituents is 4. The van der Waals surface area contributed by atoms with Crippen LogP contribution in [0.3, 0.4) is 0 Å². The van der Waals surface area contributed by atoms with Crippen molar-refractivity contribution in [1.29, 1.82) is 0 Å². The number of benzene rings is 2. The summed E-state index contributed by atoms with van der Waals surface area (Å²) in [5.74, 6) is -2.37. The van der Waals surface area contributed by atoms with Crippen molar-refractivity contribution in [1.82, 2.24) is 0 Å². The van der Waals surface area contributed by atoms with Crippen LogP contribution >= 0.6 is 0 Å². The quantitative estimate of drug-likeness (QED) is 0.0873. The summed E-state index contributed by atoms with van der Waals surface area (Å²) in [6.45, 7) is 0.890. The van der Waals surface area contributed by atoms with Crippen LogP contribution < -0.4 is 0 Å². The van der Waals surface area contributed by atoms with E-state index in [0.717, 1.165) is 6.08 Å². The van der Waals surface area contributed by atoms with Crippen LogP contribution in [0.5, 0.6) is 23.0 Å². The van der Waals surface area contributed by atoms with Gasteiger partial charge in [-0.15, -0.1) is 0 Å². The summed E-state index contributed by atoms with van der Waals surface area (Å²) in [5.41, 5.74) is 0.927. The lowest BCUT2D eigenvalue weighted by Crippen LogP contribution is -2.62. The highest BCUT2D eigenvalue weighted by Gasteiger charge is 2.49. The number of rotatable bonds is 10.